The van der Waals surface area contributed by atoms with E-state index in [9.17, 15) is 12.8 Å². The van der Waals surface area contributed by atoms with Crippen LogP contribution >= 0.6 is 11.8 Å². The second-order valence-corrected chi connectivity index (χ2v) is 8.14. The molecule has 1 aromatic rings. The highest BCUT2D eigenvalue weighted by Gasteiger charge is 2.30. The Balaban J connectivity index is 2.42. The van der Waals surface area contributed by atoms with Gasteiger partial charge in [-0.25, -0.2) is 12.8 Å². The molecule has 1 aliphatic rings. The summed E-state index contributed by atoms with van der Waals surface area (Å²) < 4.78 is 39.9. The Morgan fingerprint density at radius 1 is 1.47 bits per heavy atom. The standard InChI is InChI=1S/C12H17FN2O2S2/c1-8-5-10(13)11(14)6-12(8)19(16,17)15-3-4-18-9(2)7-15/h5-6,9H,3-4,7,14H2,1-2H3. The van der Waals surface area contributed by atoms with E-state index in [-0.39, 0.29) is 15.8 Å². The summed E-state index contributed by atoms with van der Waals surface area (Å²) in [6, 6.07) is 2.39. The molecule has 4 nitrogen and oxygen atoms in total. The first-order valence-corrected chi connectivity index (χ1v) is 8.48. The average molecular weight is 304 g/mol. The lowest BCUT2D eigenvalue weighted by molar-refractivity contribution is 0.424. The van der Waals surface area contributed by atoms with Crippen molar-refractivity contribution in [3.63, 3.8) is 0 Å². The van der Waals surface area contributed by atoms with Gasteiger partial charge in [0.05, 0.1) is 10.6 Å². The Kier molecular flexibility index (Phi) is 4.08. The summed E-state index contributed by atoms with van der Waals surface area (Å²) in [7, 11) is -3.59. The molecule has 7 heteroatoms. The lowest BCUT2D eigenvalue weighted by Gasteiger charge is -2.30. The topological polar surface area (TPSA) is 63.4 Å². The summed E-state index contributed by atoms with van der Waals surface area (Å²) in [5, 5.41) is 0.265. The fourth-order valence-electron chi connectivity index (χ4n) is 2.09. The summed E-state index contributed by atoms with van der Waals surface area (Å²) >= 11 is 1.75. The molecule has 2 N–H and O–H groups in total. The molecule has 0 aliphatic carbocycles. The maximum absolute atomic E-state index is 13.3. The van der Waals surface area contributed by atoms with Gasteiger partial charge in [-0.1, -0.05) is 6.92 Å². The Morgan fingerprint density at radius 3 is 2.79 bits per heavy atom. The molecule has 0 bridgehead atoms. The predicted molar refractivity (Wildman–Crippen MR) is 76.2 cm³/mol. The molecule has 0 spiro atoms. The number of sulfonamides is 1. The Bertz CT molecular complexity index is 590. The lowest BCUT2D eigenvalue weighted by Crippen LogP contribution is -2.41. The molecule has 19 heavy (non-hydrogen) atoms. The van der Waals surface area contributed by atoms with Crippen LogP contribution in [0, 0.1) is 12.7 Å². The molecule has 0 amide bonds. The second kappa shape index (κ2) is 5.30. The third-order valence-electron chi connectivity index (χ3n) is 3.12. The van der Waals surface area contributed by atoms with Crippen LogP contribution in [0.2, 0.25) is 0 Å². The number of rotatable bonds is 2. The first kappa shape index (κ1) is 14.6. The number of aryl methyl sites for hydroxylation is 1. The average Bonchev–Trinajstić information content (AvgIpc) is 2.33. The van der Waals surface area contributed by atoms with Crippen LogP contribution in [-0.4, -0.2) is 36.8 Å². The zero-order valence-corrected chi connectivity index (χ0v) is 12.5. The molecular weight excluding hydrogens is 287 g/mol. The molecule has 1 aliphatic heterocycles. The van der Waals surface area contributed by atoms with E-state index in [2.05, 4.69) is 0 Å². The van der Waals surface area contributed by atoms with Crippen molar-refractivity contribution in [1.82, 2.24) is 4.31 Å². The van der Waals surface area contributed by atoms with Crippen molar-refractivity contribution >= 4 is 27.5 Å². The van der Waals surface area contributed by atoms with Gasteiger partial charge in [-0.2, -0.15) is 16.1 Å². The number of nitrogens with zero attached hydrogens (tertiary/aromatic N) is 1. The zero-order valence-electron chi connectivity index (χ0n) is 10.9. The second-order valence-electron chi connectivity index (χ2n) is 4.68. The van der Waals surface area contributed by atoms with Crippen LogP contribution in [-0.2, 0) is 10.0 Å². The number of anilines is 1. The van der Waals surface area contributed by atoms with Crippen molar-refractivity contribution in [2.45, 2.75) is 24.0 Å². The quantitative estimate of drug-likeness (QED) is 0.847. The Labute approximate surface area is 117 Å². The van der Waals surface area contributed by atoms with Crippen molar-refractivity contribution in [1.29, 1.82) is 0 Å². The number of hydrogen-bond donors (Lipinski definition) is 1. The van der Waals surface area contributed by atoms with Gasteiger partial charge in [0, 0.05) is 24.1 Å². The molecule has 1 aromatic carbocycles. The number of nitrogens with two attached hydrogens (primary N) is 1. The molecular formula is C12H17FN2O2S2. The van der Waals surface area contributed by atoms with Gasteiger partial charge in [0.15, 0.2) is 0 Å². The van der Waals surface area contributed by atoms with Crippen LogP contribution in [0.3, 0.4) is 0 Å². The monoisotopic (exact) mass is 304 g/mol. The van der Waals surface area contributed by atoms with Crippen LogP contribution < -0.4 is 5.73 Å². The fourth-order valence-corrected chi connectivity index (χ4v) is 5.09. The first-order valence-electron chi connectivity index (χ1n) is 5.99. The van der Waals surface area contributed by atoms with Crippen molar-refractivity contribution in [3.8, 4) is 0 Å². The summed E-state index contributed by atoms with van der Waals surface area (Å²) in [6.45, 7) is 4.54. The van der Waals surface area contributed by atoms with Gasteiger partial charge in [-0.15, -0.1) is 0 Å². The van der Waals surface area contributed by atoms with Crippen molar-refractivity contribution in [3.05, 3.63) is 23.5 Å². The molecule has 2 rings (SSSR count). The van der Waals surface area contributed by atoms with Crippen LogP contribution in [0.15, 0.2) is 17.0 Å². The molecule has 1 saturated heterocycles. The summed E-state index contributed by atoms with van der Waals surface area (Å²) in [5.41, 5.74) is 5.73. The van der Waals surface area contributed by atoms with Crippen LogP contribution in [0.4, 0.5) is 10.1 Å². The number of hydrogen-bond acceptors (Lipinski definition) is 4. The van der Waals surface area contributed by atoms with E-state index in [1.165, 1.54) is 16.4 Å². The molecule has 1 heterocycles. The third-order valence-corrected chi connectivity index (χ3v) is 6.26. The zero-order chi connectivity index (χ0) is 14.2. The van der Waals surface area contributed by atoms with E-state index in [0.717, 1.165) is 5.75 Å². The van der Waals surface area contributed by atoms with Crippen molar-refractivity contribution in [2.24, 2.45) is 0 Å². The molecule has 0 radical (unpaired) electrons. The highest BCUT2D eigenvalue weighted by molar-refractivity contribution is 8.00. The molecule has 106 valence electrons. The van der Waals surface area contributed by atoms with Gasteiger partial charge in [-0.05, 0) is 24.6 Å². The van der Waals surface area contributed by atoms with Crippen LogP contribution in [0.1, 0.15) is 12.5 Å². The number of thioether (sulfide) groups is 1. The van der Waals surface area contributed by atoms with Gasteiger partial charge >= 0.3 is 0 Å². The summed E-state index contributed by atoms with van der Waals surface area (Å²) in [5.74, 6) is 0.190. The lowest BCUT2D eigenvalue weighted by atomic mass is 10.2. The van der Waals surface area contributed by atoms with Crippen LogP contribution in [0.5, 0.6) is 0 Å². The normalized spacial score (nSPS) is 21.5. The van der Waals surface area contributed by atoms with Gasteiger partial charge in [-0.3, -0.25) is 0 Å². The Hall–Kier alpha value is -0.790. The van der Waals surface area contributed by atoms with Gasteiger partial charge < -0.3 is 5.73 Å². The Morgan fingerprint density at radius 2 is 2.16 bits per heavy atom. The highest BCUT2D eigenvalue weighted by atomic mass is 32.2. The van der Waals surface area contributed by atoms with Crippen LogP contribution in [0.25, 0.3) is 0 Å². The molecule has 0 saturated carbocycles. The minimum atomic E-state index is -3.59. The van der Waals surface area contributed by atoms with E-state index in [1.54, 1.807) is 18.7 Å². The minimum absolute atomic E-state index is 0.102. The van der Waals surface area contributed by atoms with Crippen molar-refractivity contribution < 1.29 is 12.8 Å². The molecule has 1 unspecified atom stereocenters. The number of nitrogen functional groups attached to an aromatic ring is 1. The fraction of sp³-hybridized carbons (Fsp3) is 0.500. The largest absolute Gasteiger partial charge is 0.396 e. The minimum Gasteiger partial charge on any atom is -0.396 e. The smallest absolute Gasteiger partial charge is 0.243 e. The number of halogens is 1. The third kappa shape index (κ3) is 2.88. The molecule has 0 aromatic heterocycles. The van der Waals surface area contributed by atoms with E-state index < -0.39 is 15.8 Å². The molecule has 1 fully saturated rings. The summed E-state index contributed by atoms with van der Waals surface area (Å²) in [6.07, 6.45) is 0. The van der Waals surface area contributed by atoms with Gasteiger partial charge in [0.1, 0.15) is 5.82 Å². The van der Waals surface area contributed by atoms with E-state index in [1.807, 2.05) is 6.92 Å². The van der Waals surface area contributed by atoms with Gasteiger partial charge in [0.25, 0.3) is 0 Å². The maximum atomic E-state index is 13.3. The highest BCUT2D eigenvalue weighted by Crippen LogP contribution is 2.28. The first-order chi connectivity index (χ1) is 8.82. The van der Waals surface area contributed by atoms with E-state index in [0.29, 0.717) is 18.7 Å². The van der Waals surface area contributed by atoms with Gasteiger partial charge in [0.2, 0.25) is 10.0 Å². The summed E-state index contributed by atoms with van der Waals surface area (Å²) in [4.78, 5) is 0.102. The van der Waals surface area contributed by atoms with E-state index in [4.69, 9.17) is 5.73 Å². The predicted octanol–water partition coefficient (Wildman–Crippen LogP) is 1.84. The maximum Gasteiger partial charge on any atom is 0.243 e. The van der Waals surface area contributed by atoms with Crippen molar-refractivity contribution in [2.75, 3.05) is 24.6 Å². The SMILES string of the molecule is Cc1cc(F)c(N)cc1S(=O)(=O)N1CCSC(C)C1. The number of benzene rings is 1. The molecule has 1 atom stereocenters. The van der Waals surface area contributed by atoms with E-state index >= 15 is 0 Å².